The van der Waals surface area contributed by atoms with Gasteiger partial charge in [0.1, 0.15) is 0 Å². The third kappa shape index (κ3) is 3.46. The van der Waals surface area contributed by atoms with Crippen LogP contribution in [0.3, 0.4) is 0 Å². The van der Waals surface area contributed by atoms with Gasteiger partial charge < -0.3 is 10.2 Å². The van der Waals surface area contributed by atoms with Crippen LogP contribution in [0.15, 0.2) is 0 Å². The number of likely N-dealkylation sites (tertiary alicyclic amines) is 1. The van der Waals surface area contributed by atoms with Gasteiger partial charge in [0.25, 0.3) is 0 Å². The highest BCUT2D eigenvalue weighted by Crippen LogP contribution is 2.24. The lowest BCUT2D eigenvalue weighted by Gasteiger charge is -2.36. The first kappa shape index (κ1) is 11.4. The molecule has 2 heteroatoms. The van der Waals surface area contributed by atoms with Crippen LogP contribution in [-0.4, -0.2) is 36.6 Å². The van der Waals surface area contributed by atoms with E-state index in [1.54, 1.807) is 0 Å². The Morgan fingerprint density at radius 2 is 2.13 bits per heavy atom. The average molecular weight is 210 g/mol. The number of nitrogens with one attached hydrogen (secondary N) is 1. The zero-order chi connectivity index (χ0) is 10.7. The molecule has 1 saturated heterocycles. The maximum Gasteiger partial charge on any atom is 0.00818 e. The fraction of sp³-hybridized carbons (Fsp3) is 1.00. The Kier molecular flexibility index (Phi) is 4.04. The van der Waals surface area contributed by atoms with Crippen LogP contribution < -0.4 is 5.32 Å². The molecule has 0 radical (unpaired) electrons. The normalized spacial score (nSPS) is 30.4. The van der Waals surface area contributed by atoms with Gasteiger partial charge in [0, 0.05) is 18.6 Å². The van der Waals surface area contributed by atoms with Crippen LogP contribution in [0.5, 0.6) is 0 Å². The Labute approximate surface area is 94.4 Å². The van der Waals surface area contributed by atoms with Crippen molar-refractivity contribution >= 4 is 0 Å². The first-order valence-corrected chi connectivity index (χ1v) is 6.78. The van der Waals surface area contributed by atoms with E-state index in [9.17, 15) is 0 Å². The topological polar surface area (TPSA) is 15.3 Å². The van der Waals surface area contributed by atoms with Gasteiger partial charge in [-0.2, -0.15) is 0 Å². The molecule has 0 amide bonds. The minimum absolute atomic E-state index is 0.733. The lowest BCUT2D eigenvalue weighted by atomic mass is 9.91. The van der Waals surface area contributed by atoms with E-state index in [-0.39, 0.29) is 0 Å². The van der Waals surface area contributed by atoms with Gasteiger partial charge in [-0.1, -0.05) is 6.92 Å². The third-order valence-electron chi connectivity index (χ3n) is 3.86. The fourth-order valence-corrected chi connectivity index (χ4v) is 2.78. The monoisotopic (exact) mass is 210 g/mol. The average Bonchev–Trinajstić information content (AvgIpc) is 3.03. The number of piperidine rings is 1. The second-order valence-corrected chi connectivity index (χ2v) is 5.43. The summed E-state index contributed by atoms with van der Waals surface area (Å²) < 4.78 is 0. The largest absolute Gasteiger partial charge is 0.311 e. The molecule has 0 aromatic carbocycles. The summed E-state index contributed by atoms with van der Waals surface area (Å²) in [6, 6.07) is 1.60. The van der Waals surface area contributed by atoms with Crippen LogP contribution in [0.4, 0.5) is 0 Å². The smallest absolute Gasteiger partial charge is 0.00818 e. The second-order valence-electron chi connectivity index (χ2n) is 5.43. The molecule has 1 aliphatic heterocycles. The molecule has 0 bridgehead atoms. The van der Waals surface area contributed by atoms with Crippen molar-refractivity contribution in [3.05, 3.63) is 0 Å². The van der Waals surface area contributed by atoms with Crippen molar-refractivity contribution in [1.29, 1.82) is 0 Å². The lowest BCUT2D eigenvalue weighted by molar-refractivity contribution is 0.150. The van der Waals surface area contributed by atoms with Crippen molar-refractivity contribution in [2.45, 2.75) is 58.0 Å². The Morgan fingerprint density at radius 3 is 2.80 bits per heavy atom. The maximum absolute atomic E-state index is 3.76. The third-order valence-corrected chi connectivity index (χ3v) is 3.86. The Morgan fingerprint density at radius 1 is 1.33 bits per heavy atom. The molecule has 1 N–H and O–H groups in total. The molecule has 2 fully saturated rings. The molecule has 2 atom stereocenters. The van der Waals surface area contributed by atoms with Crippen LogP contribution in [0.2, 0.25) is 0 Å². The predicted molar refractivity (Wildman–Crippen MR) is 65.1 cm³/mol. The van der Waals surface area contributed by atoms with Gasteiger partial charge in [0.2, 0.25) is 0 Å². The van der Waals surface area contributed by atoms with Crippen LogP contribution in [0, 0.1) is 5.92 Å². The number of hydrogen-bond donors (Lipinski definition) is 1. The molecule has 0 aromatic heterocycles. The van der Waals surface area contributed by atoms with E-state index < -0.39 is 0 Å². The number of nitrogens with zero attached hydrogens (tertiary/aromatic N) is 1. The van der Waals surface area contributed by atoms with Crippen LogP contribution in [0.25, 0.3) is 0 Å². The maximum atomic E-state index is 3.76. The molecule has 1 aliphatic carbocycles. The van der Waals surface area contributed by atoms with Gasteiger partial charge in [0.05, 0.1) is 0 Å². The first-order chi connectivity index (χ1) is 7.29. The second kappa shape index (κ2) is 5.31. The molecular weight excluding hydrogens is 184 g/mol. The Bertz CT molecular complexity index is 187. The molecule has 2 aliphatic rings. The summed E-state index contributed by atoms with van der Waals surface area (Å²) in [5.41, 5.74) is 0. The molecule has 2 unspecified atom stereocenters. The molecule has 0 spiro atoms. The predicted octanol–water partition coefficient (Wildman–Crippen LogP) is 2.25. The minimum Gasteiger partial charge on any atom is -0.311 e. The highest BCUT2D eigenvalue weighted by Gasteiger charge is 2.29. The summed E-state index contributed by atoms with van der Waals surface area (Å²) in [7, 11) is 0. The number of rotatable bonds is 5. The van der Waals surface area contributed by atoms with Gasteiger partial charge >= 0.3 is 0 Å². The van der Waals surface area contributed by atoms with Gasteiger partial charge in [-0.15, -0.1) is 0 Å². The van der Waals surface area contributed by atoms with Crippen molar-refractivity contribution in [1.82, 2.24) is 10.2 Å². The molecule has 88 valence electrons. The lowest BCUT2D eigenvalue weighted by Crippen LogP contribution is -2.45. The van der Waals surface area contributed by atoms with E-state index in [4.69, 9.17) is 0 Å². The highest BCUT2D eigenvalue weighted by molar-refractivity contribution is 4.88. The quantitative estimate of drug-likeness (QED) is 0.749. The zero-order valence-electron chi connectivity index (χ0n) is 10.3. The molecular formula is C13H26N2. The SMILES string of the molecule is CCCN1CCCC(C(C)NC2CC2)C1. The molecule has 15 heavy (non-hydrogen) atoms. The molecule has 1 heterocycles. The van der Waals surface area contributed by atoms with Gasteiger partial charge in [-0.25, -0.2) is 0 Å². The first-order valence-electron chi connectivity index (χ1n) is 6.78. The van der Waals surface area contributed by atoms with E-state index >= 15 is 0 Å². The van der Waals surface area contributed by atoms with E-state index in [2.05, 4.69) is 24.1 Å². The summed E-state index contributed by atoms with van der Waals surface area (Å²) >= 11 is 0. The van der Waals surface area contributed by atoms with Crippen LogP contribution >= 0.6 is 0 Å². The molecule has 2 rings (SSSR count). The van der Waals surface area contributed by atoms with Crippen molar-refractivity contribution in [2.75, 3.05) is 19.6 Å². The zero-order valence-corrected chi connectivity index (χ0v) is 10.3. The van der Waals surface area contributed by atoms with Gasteiger partial charge in [-0.05, 0) is 58.0 Å². The van der Waals surface area contributed by atoms with E-state index in [0.29, 0.717) is 0 Å². The summed E-state index contributed by atoms with van der Waals surface area (Å²) in [6.07, 6.45) is 6.96. The minimum atomic E-state index is 0.733. The van der Waals surface area contributed by atoms with Crippen molar-refractivity contribution in [2.24, 2.45) is 5.92 Å². The molecule has 1 saturated carbocycles. The Balaban J connectivity index is 1.74. The summed E-state index contributed by atoms with van der Waals surface area (Å²) in [5.74, 6) is 0.894. The van der Waals surface area contributed by atoms with Crippen molar-refractivity contribution in [3.63, 3.8) is 0 Å². The standard InChI is InChI=1S/C13H26N2/c1-3-8-15-9-4-5-12(10-15)11(2)14-13-6-7-13/h11-14H,3-10H2,1-2H3. The number of hydrogen-bond acceptors (Lipinski definition) is 2. The van der Waals surface area contributed by atoms with E-state index in [1.165, 1.54) is 51.7 Å². The van der Waals surface area contributed by atoms with Gasteiger partial charge in [0.15, 0.2) is 0 Å². The van der Waals surface area contributed by atoms with Gasteiger partial charge in [-0.3, -0.25) is 0 Å². The summed E-state index contributed by atoms with van der Waals surface area (Å²) in [6.45, 7) is 8.63. The molecule has 0 aromatic rings. The van der Waals surface area contributed by atoms with E-state index in [0.717, 1.165) is 18.0 Å². The Hall–Kier alpha value is -0.0800. The van der Waals surface area contributed by atoms with Crippen molar-refractivity contribution < 1.29 is 0 Å². The highest BCUT2D eigenvalue weighted by atomic mass is 15.1. The molecule has 2 nitrogen and oxygen atoms in total. The van der Waals surface area contributed by atoms with Crippen molar-refractivity contribution in [3.8, 4) is 0 Å². The summed E-state index contributed by atoms with van der Waals surface area (Å²) in [4.78, 5) is 2.65. The van der Waals surface area contributed by atoms with E-state index in [1.807, 2.05) is 0 Å². The van der Waals surface area contributed by atoms with Crippen LogP contribution in [0.1, 0.15) is 46.0 Å². The van der Waals surface area contributed by atoms with Crippen LogP contribution in [-0.2, 0) is 0 Å². The fourth-order valence-electron chi connectivity index (χ4n) is 2.78. The summed E-state index contributed by atoms with van der Waals surface area (Å²) in [5, 5.41) is 3.76.